The molecule has 0 radical (unpaired) electrons. The molecular weight excluding hydrogens is 268 g/mol. The summed E-state index contributed by atoms with van der Waals surface area (Å²) in [5.74, 6) is -0.390. The van der Waals surface area contributed by atoms with Gasteiger partial charge in [-0.15, -0.1) is 11.3 Å². The Morgan fingerprint density at radius 1 is 1.58 bits per heavy atom. The zero-order chi connectivity index (χ0) is 13.8. The van der Waals surface area contributed by atoms with Crippen molar-refractivity contribution in [2.75, 3.05) is 5.43 Å². The van der Waals surface area contributed by atoms with Gasteiger partial charge in [0, 0.05) is 11.4 Å². The summed E-state index contributed by atoms with van der Waals surface area (Å²) in [7, 11) is 0. The van der Waals surface area contributed by atoms with Crippen LogP contribution in [0.1, 0.15) is 11.3 Å². The zero-order valence-corrected chi connectivity index (χ0v) is 10.7. The maximum Gasteiger partial charge on any atom is 0.310 e. The van der Waals surface area contributed by atoms with E-state index in [1.165, 1.54) is 35.8 Å². The number of nitrogens with one attached hydrogen (secondary N) is 1. The van der Waals surface area contributed by atoms with Crippen molar-refractivity contribution < 1.29 is 10.0 Å². The molecule has 2 N–H and O–H groups in total. The highest BCUT2D eigenvalue weighted by Crippen LogP contribution is 2.25. The molecule has 0 spiro atoms. The number of nitrogens with zero attached hydrogens (tertiary/aromatic N) is 3. The van der Waals surface area contributed by atoms with Crippen molar-refractivity contribution in [1.29, 1.82) is 0 Å². The van der Waals surface area contributed by atoms with E-state index >= 15 is 0 Å². The number of hydrogen-bond donors (Lipinski definition) is 2. The first kappa shape index (κ1) is 13.0. The molecule has 0 saturated heterocycles. The van der Waals surface area contributed by atoms with Crippen LogP contribution in [-0.2, 0) is 0 Å². The SMILES string of the molecule is Cc1csc(NN=Cc2ccc([N+](=O)[O-])c(O)c2)n1. The van der Waals surface area contributed by atoms with Crippen LogP contribution < -0.4 is 5.43 Å². The fourth-order valence-corrected chi connectivity index (χ4v) is 1.98. The summed E-state index contributed by atoms with van der Waals surface area (Å²) in [5, 5.41) is 26.4. The van der Waals surface area contributed by atoms with E-state index < -0.39 is 4.92 Å². The van der Waals surface area contributed by atoms with Gasteiger partial charge in [0.25, 0.3) is 0 Å². The fraction of sp³-hybridized carbons (Fsp3) is 0.0909. The Balaban J connectivity index is 2.07. The van der Waals surface area contributed by atoms with Crippen molar-refractivity contribution in [3.63, 3.8) is 0 Å². The van der Waals surface area contributed by atoms with Crippen molar-refractivity contribution in [3.8, 4) is 5.75 Å². The molecule has 2 rings (SSSR count). The molecule has 0 atom stereocenters. The van der Waals surface area contributed by atoms with Crippen LogP contribution in [-0.4, -0.2) is 21.2 Å². The summed E-state index contributed by atoms with van der Waals surface area (Å²) in [6.07, 6.45) is 1.44. The molecule has 0 saturated carbocycles. The molecule has 7 nitrogen and oxygen atoms in total. The van der Waals surface area contributed by atoms with Gasteiger partial charge in [0.1, 0.15) is 0 Å². The molecule has 2 aromatic rings. The quantitative estimate of drug-likeness (QED) is 0.508. The molecule has 0 aliphatic rings. The van der Waals surface area contributed by atoms with Gasteiger partial charge in [0.15, 0.2) is 5.75 Å². The lowest BCUT2D eigenvalue weighted by atomic mass is 10.2. The summed E-state index contributed by atoms with van der Waals surface area (Å²) < 4.78 is 0. The van der Waals surface area contributed by atoms with Gasteiger partial charge in [-0.05, 0) is 24.6 Å². The highest BCUT2D eigenvalue weighted by molar-refractivity contribution is 7.13. The van der Waals surface area contributed by atoms with E-state index in [0.717, 1.165) is 5.69 Å². The summed E-state index contributed by atoms with van der Waals surface area (Å²) in [6, 6.07) is 4.00. The molecule has 1 heterocycles. The van der Waals surface area contributed by atoms with Crippen LogP contribution in [0.3, 0.4) is 0 Å². The number of anilines is 1. The predicted molar refractivity (Wildman–Crippen MR) is 72.8 cm³/mol. The third kappa shape index (κ3) is 3.26. The number of hydrogen-bond acceptors (Lipinski definition) is 7. The molecule has 8 heteroatoms. The van der Waals surface area contributed by atoms with Crippen molar-refractivity contribution >= 4 is 28.4 Å². The molecule has 0 bridgehead atoms. The Morgan fingerprint density at radius 3 is 2.95 bits per heavy atom. The number of phenols is 1. The summed E-state index contributed by atoms with van der Waals surface area (Å²) in [4.78, 5) is 14.0. The highest BCUT2D eigenvalue weighted by Gasteiger charge is 2.12. The van der Waals surface area contributed by atoms with Gasteiger partial charge >= 0.3 is 5.69 Å². The van der Waals surface area contributed by atoms with Gasteiger partial charge in [-0.25, -0.2) is 4.98 Å². The van der Waals surface area contributed by atoms with Crippen molar-refractivity contribution in [1.82, 2.24) is 4.98 Å². The molecule has 19 heavy (non-hydrogen) atoms. The first-order chi connectivity index (χ1) is 9.06. The van der Waals surface area contributed by atoms with E-state index in [9.17, 15) is 15.2 Å². The lowest BCUT2D eigenvalue weighted by molar-refractivity contribution is -0.385. The minimum Gasteiger partial charge on any atom is -0.502 e. The minimum atomic E-state index is -0.646. The number of rotatable bonds is 4. The normalized spacial score (nSPS) is 10.8. The topological polar surface area (TPSA) is 101 Å². The number of benzene rings is 1. The third-order valence-electron chi connectivity index (χ3n) is 2.19. The monoisotopic (exact) mass is 278 g/mol. The molecule has 0 fully saturated rings. The molecule has 98 valence electrons. The Bertz CT molecular complexity index is 639. The zero-order valence-electron chi connectivity index (χ0n) is 9.90. The van der Waals surface area contributed by atoms with Crippen LogP contribution in [0, 0.1) is 17.0 Å². The molecular formula is C11H10N4O3S. The smallest absolute Gasteiger partial charge is 0.310 e. The molecule has 0 aliphatic carbocycles. The van der Waals surface area contributed by atoms with Crippen molar-refractivity contribution in [2.24, 2.45) is 5.10 Å². The van der Waals surface area contributed by atoms with Gasteiger partial charge < -0.3 is 5.11 Å². The number of aromatic hydroxyl groups is 1. The van der Waals surface area contributed by atoms with Crippen molar-refractivity contribution in [3.05, 3.63) is 45.0 Å². The van der Waals surface area contributed by atoms with E-state index in [-0.39, 0.29) is 11.4 Å². The maximum absolute atomic E-state index is 10.5. The molecule has 1 aromatic heterocycles. The van der Waals surface area contributed by atoms with E-state index in [2.05, 4.69) is 15.5 Å². The van der Waals surface area contributed by atoms with Gasteiger partial charge in [0.05, 0.1) is 16.8 Å². The number of nitro benzene ring substituents is 1. The second-order valence-corrected chi connectivity index (χ2v) is 4.53. The molecule has 0 unspecified atom stereocenters. The van der Waals surface area contributed by atoms with E-state index in [1.807, 2.05) is 12.3 Å². The van der Waals surface area contributed by atoms with E-state index in [1.54, 1.807) is 0 Å². The summed E-state index contributed by atoms with van der Waals surface area (Å²) in [6.45, 7) is 1.87. The fourth-order valence-electron chi connectivity index (χ4n) is 1.34. The number of aromatic nitrogens is 1. The van der Waals surface area contributed by atoms with E-state index in [0.29, 0.717) is 10.7 Å². The van der Waals surface area contributed by atoms with Crippen LogP contribution >= 0.6 is 11.3 Å². The average Bonchev–Trinajstić information content (AvgIpc) is 2.75. The van der Waals surface area contributed by atoms with Gasteiger partial charge in [-0.3, -0.25) is 15.5 Å². The largest absolute Gasteiger partial charge is 0.502 e. The maximum atomic E-state index is 10.5. The van der Waals surface area contributed by atoms with Gasteiger partial charge in [-0.1, -0.05) is 0 Å². The Kier molecular flexibility index (Phi) is 3.71. The number of hydrazone groups is 1. The molecule has 1 aromatic carbocycles. The van der Waals surface area contributed by atoms with Crippen LogP contribution in [0.25, 0.3) is 0 Å². The first-order valence-electron chi connectivity index (χ1n) is 5.25. The Labute approximate surface area is 112 Å². The molecule has 0 aliphatic heterocycles. The molecule has 0 amide bonds. The number of thiazole rings is 1. The van der Waals surface area contributed by atoms with Crippen LogP contribution in [0.2, 0.25) is 0 Å². The highest BCUT2D eigenvalue weighted by atomic mass is 32.1. The average molecular weight is 278 g/mol. The predicted octanol–water partition coefficient (Wildman–Crippen LogP) is 2.51. The van der Waals surface area contributed by atoms with E-state index in [4.69, 9.17) is 0 Å². The second kappa shape index (κ2) is 5.44. The van der Waals surface area contributed by atoms with Gasteiger partial charge in [-0.2, -0.15) is 5.10 Å². The Morgan fingerprint density at radius 2 is 2.37 bits per heavy atom. The number of phenolic OH excluding ortho intramolecular Hbond substituents is 1. The lowest BCUT2D eigenvalue weighted by Gasteiger charge is -1.97. The minimum absolute atomic E-state index is 0.333. The number of aryl methyl sites for hydroxylation is 1. The lowest BCUT2D eigenvalue weighted by Crippen LogP contribution is -1.92. The Hall–Kier alpha value is -2.48. The standard InChI is InChI=1S/C11H10N4O3S/c1-7-6-19-11(13-7)14-12-5-8-2-3-9(15(17)18)10(16)4-8/h2-6,16H,1H3,(H,13,14). The van der Waals surface area contributed by atoms with Crippen LogP contribution in [0.15, 0.2) is 28.7 Å². The summed E-state index contributed by atoms with van der Waals surface area (Å²) >= 11 is 1.42. The first-order valence-corrected chi connectivity index (χ1v) is 6.13. The number of nitro groups is 1. The van der Waals surface area contributed by atoms with Crippen molar-refractivity contribution in [2.45, 2.75) is 6.92 Å². The van der Waals surface area contributed by atoms with Crippen LogP contribution in [0.4, 0.5) is 10.8 Å². The summed E-state index contributed by atoms with van der Waals surface area (Å²) in [5.41, 5.74) is 3.84. The second-order valence-electron chi connectivity index (χ2n) is 3.67. The third-order valence-corrected chi connectivity index (χ3v) is 3.05. The van der Waals surface area contributed by atoms with Crippen LogP contribution in [0.5, 0.6) is 5.75 Å². The van der Waals surface area contributed by atoms with Gasteiger partial charge in [0.2, 0.25) is 5.13 Å².